The second-order valence-electron chi connectivity index (χ2n) is 5.95. The molecule has 0 aliphatic carbocycles. The lowest BCUT2D eigenvalue weighted by Crippen LogP contribution is -2.40. The molecule has 2 aromatic heterocycles. The van der Waals surface area contributed by atoms with Gasteiger partial charge in [0.15, 0.2) is 0 Å². The number of urea groups is 1. The van der Waals surface area contributed by atoms with Crippen molar-refractivity contribution in [3.8, 4) is 0 Å². The van der Waals surface area contributed by atoms with Crippen molar-refractivity contribution in [2.45, 2.75) is 19.0 Å². The second kappa shape index (κ2) is 5.42. The van der Waals surface area contributed by atoms with E-state index in [1.807, 2.05) is 47.2 Å². The number of carbonyl (C=O) groups is 2. The highest BCUT2D eigenvalue weighted by molar-refractivity contribution is 7.08. The third-order valence-corrected chi connectivity index (χ3v) is 5.10. The summed E-state index contributed by atoms with van der Waals surface area (Å²) < 4.78 is 0. The minimum absolute atomic E-state index is 0.207. The fraction of sp³-hybridized carbons (Fsp3) is 0.167. The predicted octanol–water partition coefficient (Wildman–Crippen LogP) is 3.26. The molecule has 24 heavy (non-hydrogen) atoms. The number of aromatic nitrogens is 1. The summed E-state index contributed by atoms with van der Waals surface area (Å²) in [6.45, 7) is 1.95. The van der Waals surface area contributed by atoms with Crippen LogP contribution in [0.1, 0.15) is 18.1 Å². The van der Waals surface area contributed by atoms with Gasteiger partial charge in [-0.15, -0.1) is 0 Å². The number of hydrogen-bond acceptors (Lipinski definition) is 4. The van der Waals surface area contributed by atoms with Crippen LogP contribution < -0.4 is 5.32 Å². The summed E-state index contributed by atoms with van der Waals surface area (Å²) in [5.41, 5.74) is 1.47. The van der Waals surface area contributed by atoms with E-state index in [9.17, 15) is 9.59 Å². The molecule has 1 aliphatic heterocycles. The van der Waals surface area contributed by atoms with Crippen LogP contribution in [0.3, 0.4) is 0 Å². The first-order chi connectivity index (χ1) is 11.6. The van der Waals surface area contributed by atoms with Crippen molar-refractivity contribution in [2.24, 2.45) is 0 Å². The summed E-state index contributed by atoms with van der Waals surface area (Å²) in [5.74, 6) is -0.237. The zero-order valence-electron chi connectivity index (χ0n) is 13.0. The first-order valence-electron chi connectivity index (χ1n) is 7.59. The number of imide groups is 1. The molecule has 1 atom stereocenters. The molecule has 0 unspecified atom stereocenters. The van der Waals surface area contributed by atoms with E-state index in [1.54, 1.807) is 13.1 Å². The molecule has 120 valence electrons. The highest BCUT2D eigenvalue weighted by Gasteiger charge is 2.49. The molecule has 4 rings (SSSR count). The molecule has 0 radical (unpaired) electrons. The van der Waals surface area contributed by atoms with Crippen molar-refractivity contribution >= 4 is 34.2 Å². The van der Waals surface area contributed by atoms with Crippen molar-refractivity contribution < 1.29 is 9.59 Å². The molecule has 6 heteroatoms. The van der Waals surface area contributed by atoms with E-state index in [-0.39, 0.29) is 18.5 Å². The molecule has 5 nitrogen and oxygen atoms in total. The summed E-state index contributed by atoms with van der Waals surface area (Å²) in [4.78, 5) is 31.0. The van der Waals surface area contributed by atoms with Gasteiger partial charge in [-0.1, -0.05) is 24.3 Å². The average Bonchev–Trinajstić information content (AvgIpc) is 3.20. The maximum atomic E-state index is 12.9. The molecule has 1 aliphatic rings. The Hall–Kier alpha value is -2.73. The molecule has 0 bridgehead atoms. The summed E-state index contributed by atoms with van der Waals surface area (Å²) >= 11 is 1.50. The standard InChI is InChI=1S/C18H15N3O2S/c1-18(14-7-9-24-11-14)16(22)21(17(23)20-18)10-13-5-2-4-12-6-3-8-19-15(12)13/h2-9,11H,10H2,1H3,(H,20,23)/t18-/m1/s1. The Morgan fingerprint density at radius 3 is 2.83 bits per heavy atom. The van der Waals surface area contributed by atoms with E-state index in [0.29, 0.717) is 0 Å². The number of nitrogens with one attached hydrogen (secondary N) is 1. The molecule has 0 spiro atoms. The first-order valence-corrected chi connectivity index (χ1v) is 8.53. The van der Waals surface area contributed by atoms with Gasteiger partial charge in [-0.05, 0) is 40.9 Å². The van der Waals surface area contributed by atoms with Crippen LogP contribution in [0, 0.1) is 0 Å². The van der Waals surface area contributed by atoms with Crippen molar-refractivity contribution in [1.82, 2.24) is 15.2 Å². The van der Waals surface area contributed by atoms with Crippen molar-refractivity contribution in [3.05, 3.63) is 64.5 Å². The number of carbonyl (C=O) groups excluding carboxylic acids is 2. The molecule has 3 heterocycles. The molecule has 1 fully saturated rings. The van der Waals surface area contributed by atoms with E-state index in [4.69, 9.17) is 0 Å². The molecular formula is C18H15N3O2S. The van der Waals surface area contributed by atoms with Crippen molar-refractivity contribution in [1.29, 1.82) is 0 Å². The van der Waals surface area contributed by atoms with E-state index < -0.39 is 5.54 Å². The van der Waals surface area contributed by atoms with E-state index in [1.165, 1.54) is 16.2 Å². The summed E-state index contributed by atoms with van der Waals surface area (Å²) in [7, 11) is 0. The zero-order chi connectivity index (χ0) is 16.7. The van der Waals surface area contributed by atoms with Gasteiger partial charge in [-0.2, -0.15) is 11.3 Å². The molecule has 3 amide bonds. The van der Waals surface area contributed by atoms with Gasteiger partial charge >= 0.3 is 6.03 Å². The number of fused-ring (bicyclic) bond motifs is 1. The number of nitrogens with zero attached hydrogens (tertiary/aromatic N) is 2. The highest BCUT2D eigenvalue weighted by atomic mass is 32.1. The Morgan fingerprint density at radius 2 is 2.04 bits per heavy atom. The van der Waals surface area contributed by atoms with Gasteiger partial charge in [0, 0.05) is 11.6 Å². The van der Waals surface area contributed by atoms with Gasteiger partial charge in [0.05, 0.1) is 12.1 Å². The first kappa shape index (κ1) is 14.8. The number of amides is 3. The largest absolute Gasteiger partial charge is 0.325 e. The van der Waals surface area contributed by atoms with Crippen LogP contribution in [0.25, 0.3) is 10.9 Å². The number of para-hydroxylation sites is 1. The minimum Gasteiger partial charge on any atom is -0.319 e. The molecule has 1 aromatic carbocycles. The summed E-state index contributed by atoms with van der Waals surface area (Å²) in [6, 6.07) is 11.1. The fourth-order valence-electron chi connectivity index (χ4n) is 3.05. The number of benzene rings is 1. The Bertz CT molecular complexity index is 933. The number of pyridine rings is 1. The third-order valence-electron chi connectivity index (χ3n) is 4.42. The van der Waals surface area contributed by atoms with Crippen molar-refractivity contribution in [2.75, 3.05) is 0 Å². The monoisotopic (exact) mass is 337 g/mol. The number of thiophene rings is 1. The summed E-state index contributed by atoms with van der Waals surface area (Å²) in [5, 5.41) is 7.60. The zero-order valence-corrected chi connectivity index (χ0v) is 13.8. The molecule has 1 saturated heterocycles. The topological polar surface area (TPSA) is 62.3 Å². The lowest BCUT2D eigenvalue weighted by atomic mass is 9.95. The van der Waals surface area contributed by atoms with Gasteiger partial charge in [-0.3, -0.25) is 14.7 Å². The van der Waals surface area contributed by atoms with Gasteiger partial charge in [0.1, 0.15) is 5.54 Å². The van der Waals surface area contributed by atoms with Crippen LogP contribution >= 0.6 is 11.3 Å². The summed E-state index contributed by atoms with van der Waals surface area (Å²) in [6.07, 6.45) is 1.72. The van der Waals surface area contributed by atoms with Gasteiger partial charge in [0.25, 0.3) is 5.91 Å². The maximum Gasteiger partial charge on any atom is 0.325 e. The molecule has 0 saturated carbocycles. The van der Waals surface area contributed by atoms with Gasteiger partial charge in [-0.25, -0.2) is 4.79 Å². The lowest BCUT2D eigenvalue weighted by molar-refractivity contribution is -0.131. The predicted molar refractivity (Wildman–Crippen MR) is 92.5 cm³/mol. The Kier molecular flexibility index (Phi) is 3.35. The smallest absolute Gasteiger partial charge is 0.319 e. The van der Waals surface area contributed by atoms with Crippen LogP contribution in [0.4, 0.5) is 4.79 Å². The Morgan fingerprint density at radius 1 is 1.21 bits per heavy atom. The van der Waals surface area contributed by atoms with Crippen molar-refractivity contribution in [3.63, 3.8) is 0 Å². The molecule has 3 aromatic rings. The van der Waals surface area contributed by atoms with Crippen LogP contribution in [-0.4, -0.2) is 21.8 Å². The lowest BCUT2D eigenvalue weighted by Gasteiger charge is -2.20. The average molecular weight is 337 g/mol. The quantitative estimate of drug-likeness (QED) is 0.746. The molecule has 1 N–H and O–H groups in total. The van der Waals surface area contributed by atoms with Gasteiger partial charge in [0.2, 0.25) is 0 Å². The normalized spacial score (nSPS) is 20.6. The molecular weight excluding hydrogens is 322 g/mol. The SMILES string of the molecule is C[C@]1(c2ccsc2)NC(=O)N(Cc2cccc3cccnc23)C1=O. The minimum atomic E-state index is -1.00. The second-order valence-corrected chi connectivity index (χ2v) is 6.73. The maximum absolute atomic E-state index is 12.9. The van der Waals surface area contributed by atoms with E-state index in [2.05, 4.69) is 10.3 Å². The van der Waals surface area contributed by atoms with Crippen LogP contribution in [-0.2, 0) is 16.9 Å². The van der Waals surface area contributed by atoms with E-state index in [0.717, 1.165) is 22.0 Å². The highest BCUT2D eigenvalue weighted by Crippen LogP contribution is 2.31. The fourth-order valence-corrected chi connectivity index (χ4v) is 3.82. The number of rotatable bonds is 3. The third kappa shape index (κ3) is 2.18. The van der Waals surface area contributed by atoms with Crippen LogP contribution in [0.15, 0.2) is 53.4 Å². The Labute approximate surface area is 142 Å². The Balaban J connectivity index is 1.70. The van der Waals surface area contributed by atoms with Gasteiger partial charge < -0.3 is 5.32 Å². The number of hydrogen-bond donors (Lipinski definition) is 1. The van der Waals surface area contributed by atoms with Crippen LogP contribution in [0.2, 0.25) is 0 Å². The van der Waals surface area contributed by atoms with Crippen LogP contribution in [0.5, 0.6) is 0 Å². The van der Waals surface area contributed by atoms with E-state index >= 15 is 0 Å².